The van der Waals surface area contributed by atoms with E-state index in [2.05, 4.69) is 15.8 Å². The summed E-state index contributed by atoms with van der Waals surface area (Å²) in [5, 5.41) is 31.2. The summed E-state index contributed by atoms with van der Waals surface area (Å²) in [5.74, 6) is -0.536. The minimum absolute atomic E-state index is 0.104. The molecule has 1 aromatic heterocycles. The zero-order chi connectivity index (χ0) is 26.8. The van der Waals surface area contributed by atoms with E-state index in [1.165, 1.54) is 4.90 Å². The van der Waals surface area contributed by atoms with Gasteiger partial charge < -0.3 is 25.0 Å². The highest BCUT2D eigenvalue weighted by molar-refractivity contribution is 5.90. The molecule has 1 aliphatic heterocycles. The van der Waals surface area contributed by atoms with Crippen molar-refractivity contribution in [2.45, 2.75) is 85.8 Å². The van der Waals surface area contributed by atoms with Crippen LogP contribution < -0.4 is 10.6 Å². The second-order valence-electron chi connectivity index (χ2n) is 11.8. The van der Waals surface area contributed by atoms with Gasteiger partial charge in [0.05, 0.1) is 17.8 Å². The van der Waals surface area contributed by atoms with Gasteiger partial charge >= 0.3 is 0 Å². The molecule has 36 heavy (non-hydrogen) atoms. The van der Waals surface area contributed by atoms with Crippen LogP contribution in [-0.2, 0) is 16.1 Å². The number of nitrogens with one attached hydrogen (secondary N) is 2. The molecule has 1 fully saturated rings. The van der Waals surface area contributed by atoms with Crippen LogP contribution in [0.3, 0.4) is 0 Å². The maximum atomic E-state index is 13.6. The van der Waals surface area contributed by atoms with Crippen molar-refractivity contribution in [1.82, 2.24) is 20.7 Å². The van der Waals surface area contributed by atoms with Crippen molar-refractivity contribution in [3.8, 4) is 11.1 Å². The van der Waals surface area contributed by atoms with Gasteiger partial charge in [-0.1, -0.05) is 71.0 Å². The fourth-order valence-electron chi connectivity index (χ4n) is 4.29. The first-order valence-electron chi connectivity index (χ1n) is 12.4. The molecule has 0 radical (unpaired) electrons. The van der Waals surface area contributed by atoms with Gasteiger partial charge in [0.2, 0.25) is 11.8 Å². The topological polar surface area (TPSA) is 128 Å². The van der Waals surface area contributed by atoms with Crippen LogP contribution in [0.25, 0.3) is 11.1 Å². The molecule has 3 rings (SSSR count). The Hall–Kier alpha value is -2.75. The lowest BCUT2D eigenvalue weighted by Gasteiger charge is -2.38. The summed E-state index contributed by atoms with van der Waals surface area (Å²) in [6.07, 6.45) is 0.0545. The van der Waals surface area contributed by atoms with Crippen molar-refractivity contribution >= 4 is 11.8 Å². The highest BCUT2D eigenvalue weighted by Gasteiger charge is 2.44. The summed E-state index contributed by atoms with van der Waals surface area (Å²) in [6.45, 7) is 13.4. The molecule has 2 amide bonds. The number of rotatable bonds is 7. The van der Waals surface area contributed by atoms with Gasteiger partial charge in [-0.25, -0.2) is 0 Å². The van der Waals surface area contributed by atoms with E-state index in [1.807, 2.05) is 52.0 Å². The molecular formula is C27H40N4O5. The molecule has 4 atom stereocenters. The number of nitrogens with zero attached hydrogens (tertiary/aromatic N) is 2. The lowest BCUT2D eigenvalue weighted by molar-refractivity contribution is -0.144. The monoisotopic (exact) mass is 500 g/mol. The molecule has 198 valence electrons. The average molecular weight is 501 g/mol. The Labute approximate surface area is 213 Å². The summed E-state index contributed by atoms with van der Waals surface area (Å²) in [6, 6.07) is 6.41. The van der Waals surface area contributed by atoms with Crippen LogP contribution in [0.5, 0.6) is 0 Å². The van der Waals surface area contributed by atoms with Gasteiger partial charge in [0.1, 0.15) is 18.5 Å². The third-order valence-electron chi connectivity index (χ3n) is 6.57. The number of β-amino-alcohol motifs (C(OH)–C–C–N with tert-alkyl or cyclic N) is 1. The van der Waals surface area contributed by atoms with E-state index in [0.717, 1.165) is 22.4 Å². The van der Waals surface area contributed by atoms with E-state index < -0.39 is 35.2 Å². The molecule has 1 aromatic carbocycles. The van der Waals surface area contributed by atoms with Crippen LogP contribution >= 0.6 is 0 Å². The zero-order valence-electron chi connectivity index (χ0n) is 22.3. The SMILES string of the molecule is Cc1nocc1-c1ccc(CNC(O)C2CC(O)CN2C(=O)C(NC(=O)C(C)(C)C)C(C)(C)C)cc1. The number of aryl methyl sites for hydroxylation is 1. The Morgan fingerprint density at radius 1 is 1.17 bits per heavy atom. The number of aliphatic hydroxyl groups is 2. The van der Waals surface area contributed by atoms with Gasteiger partial charge in [0.15, 0.2) is 0 Å². The maximum Gasteiger partial charge on any atom is 0.246 e. The van der Waals surface area contributed by atoms with Crippen molar-refractivity contribution in [3.63, 3.8) is 0 Å². The predicted molar refractivity (Wildman–Crippen MR) is 136 cm³/mol. The number of likely N-dealkylation sites (tertiary alicyclic amines) is 1. The Morgan fingerprint density at radius 2 is 1.81 bits per heavy atom. The molecule has 2 heterocycles. The lowest BCUT2D eigenvalue weighted by atomic mass is 9.84. The number of aliphatic hydroxyl groups excluding tert-OH is 2. The maximum absolute atomic E-state index is 13.6. The number of carbonyl (C=O) groups excluding carboxylic acids is 2. The molecule has 9 nitrogen and oxygen atoms in total. The highest BCUT2D eigenvalue weighted by atomic mass is 16.5. The molecule has 0 spiro atoms. The molecule has 9 heteroatoms. The van der Waals surface area contributed by atoms with E-state index in [9.17, 15) is 19.8 Å². The summed E-state index contributed by atoms with van der Waals surface area (Å²) in [7, 11) is 0. The molecule has 4 N–H and O–H groups in total. The van der Waals surface area contributed by atoms with Crippen LogP contribution in [0.15, 0.2) is 35.1 Å². The van der Waals surface area contributed by atoms with Gasteiger partial charge in [-0.2, -0.15) is 0 Å². The lowest BCUT2D eigenvalue weighted by Crippen LogP contribution is -2.59. The molecule has 1 saturated heterocycles. The second-order valence-corrected chi connectivity index (χ2v) is 11.8. The molecule has 0 aliphatic carbocycles. The number of aromatic nitrogens is 1. The van der Waals surface area contributed by atoms with Crippen LogP contribution in [0.1, 0.15) is 59.2 Å². The normalized spacial score (nSPS) is 20.3. The average Bonchev–Trinajstić information content (AvgIpc) is 3.39. The molecule has 1 aliphatic rings. The number of hydrogen-bond donors (Lipinski definition) is 4. The van der Waals surface area contributed by atoms with Gasteiger partial charge in [-0.05, 0) is 29.9 Å². The molecule has 2 aromatic rings. The quantitative estimate of drug-likeness (QED) is 0.430. The minimum Gasteiger partial charge on any atom is -0.391 e. The summed E-state index contributed by atoms with van der Waals surface area (Å²) < 4.78 is 5.01. The fraction of sp³-hybridized carbons (Fsp3) is 0.593. The van der Waals surface area contributed by atoms with Crippen molar-refractivity contribution < 1.29 is 24.3 Å². The Morgan fingerprint density at radius 3 is 2.33 bits per heavy atom. The van der Waals surface area contributed by atoms with Gasteiger partial charge in [-0.3, -0.25) is 14.9 Å². The number of carbonyl (C=O) groups is 2. The van der Waals surface area contributed by atoms with Crippen LogP contribution in [0.4, 0.5) is 0 Å². The van der Waals surface area contributed by atoms with Crippen LogP contribution in [0, 0.1) is 17.8 Å². The Balaban J connectivity index is 1.69. The molecule has 0 bridgehead atoms. The second kappa shape index (κ2) is 10.7. The van der Waals surface area contributed by atoms with E-state index >= 15 is 0 Å². The fourth-order valence-corrected chi connectivity index (χ4v) is 4.29. The molecular weight excluding hydrogens is 460 g/mol. The first kappa shape index (κ1) is 27.8. The standard InChI is InChI=1S/C27H40N4O5/c1-16-20(15-36-30-16)18-10-8-17(9-11-18)13-28-23(33)21-12-19(32)14-31(21)24(34)22(26(2,3)4)29-25(35)27(5,6)7/h8-11,15,19,21-23,28,32-33H,12-14H2,1-7H3,(H,29,35). The smallest absolute Gasteiger partial charge is 0.246 e. The van der Waals surface area contributed by atoms with E-state index in [4.69, 9.17) is 4.52 Å². The largest absolute Gasteiger partial charge is 0.391 e. The van der Waals surface area contributed by atoms with Crippen molar-refractivity contribution in [3.05, 3.63) is 41.8 Å². The number of benzene rings is 1. The van der Waals surface area contributed by atoms with E-state index in [-0.39, 0.29) is 24.8 Å². The third kappa shape index (κ3) is 6.52. The van der Waals surface area contributed by atoms with Crippen molar-refractivity contribution in [1.29, 1.82) is 0 Å². The summed E-state index contributed by atoms with van der Waals surface area (Å²) >= 11 is 0. The number of hydrogen-bond acceptors (Lipinski definition) is 7. The van der Waals surface area contributed by atoms with Crippen LogP contribution in [0.2, 0.25) is 0 Å². The molecule has 0 saturated carbocycles. The Bertz CT molecular complexity index is 1050. The van der Waals surface area contributed by atoms with Crippen molar-refractivity contribution in [2.24, 2.45) is 10.8 Å². The number of amides is 2. The summed E-state index contributed by atoms with van der Waals surface area (Å²) in [5.41, 5.74) is 2.47. The first-order chi connectivity index (χ1) is 16.7. The highest BCUT2D eigenvalue weighted by Crippen LogP contribution is 2.28. The minimum atomic E-state index is -1.05. The zero-order valence-corrected chi connectivity index (χ0v) is 22.3. The van der Waals surface area contributed by atoms with Gasteiger partial charge in [-0.15, -0.1) is 0 Å². The van der Waals surface area contributed by atoms with E-state index in [0.29, 0.717) is 6.54 Å². The molecule has 4 unspecified atom stereocenters. The van der Waals surface area contributed by atoms with Gasteiger partial charge in [0, 0.05) is 24.1 Å². The van der Waals surface area contributed by atoms with Crippen molar-refractivity contribution in [2.75, 3.05) is 6.54 Å². The predicted octanol–water partition coefficient (Wildman–Crippen LogP) is 2.60. The third-order valence-corrected chi connectivity index (χ3v) is 6.57. The Kier molecular flexibility index (Phi) is 8.27. The van der Waals surface area contributed by atoms with E-state index in [1.54, 1.807) is 27.0 Å². The van der Waals surface area contributed by atoms with Crippen LogP contribution in [-0.4, -0.2) is 63.0 Å². The van der Waals surface area contributed by atoms with Gasteiger partial charge in [0.25, 0.3) is 0 Å². The summed E-state index contributed by atoms with van der Waals surface area (Å²) in [4.78, 5) is 27.8. The first-order valence-corrected chi connectivity index (χ1v) is 12.4.